The molecule has 0 aliphatic heterocycles. The highest BCUT2D eigenvalue weighted by Crippen LogP contribution is 2.28. The van der Waals surface area contributed by atoms with E-state index in [4.69, 9.17) is 5.11 Å². The van der Waals surface area contributed by atoms with Crippen molar-refractivity contribution in [3.8, 4) is 0 Å². The smallest absolute Gasteiger partial charge is 0.250 e. The van der Waals surface area contributed by atoms with Gasteiger partial charge in [0.1, 0.15) is 4.21 Å². The summed E-state index contributed by atoms with van der Waals surface area (Å²) in [5, 5.41) is 8.88. The SMILES string of the molecule is CCC1CCC(NS(=O)(=O)c2ccc(CCO)s2)CC1. The van der Waals surface area contributed by atoms with E-state index in [1.165, 1.54) is 17.8 Å². The topological polar surface area (TPSA) is 66.4 Å². The number of hydrogen-bond donors (Lipinski definition) is 2. The van der Waals surface area contributed by atoms with E-state index in [0.717, 1.165) is 36.5 Å². The molecule has 0 amide bonds. The van der Waals surface area contributed by atoms with Gasteiger partial charge in [0, 0.05) is 23.9 Å². The summed E-state index contributed by atoms with van der Waals surface area (Å²) in [4.78, 5) is 0.905. The third-order valence-electron chi connectivity index (χ3n) is 4.01. The number of aliphatic hydroxyl groups excluding tert-OH is 1. The van der Waals surface area contributed by atoms with Crippen LogP contribution in [-0.2, 0) is 16.4 Å². The highest BCUT2D eigenvalue weighted by molar-refractivity contribution is 7.91. The van der Waals surface area contributed by atoms with Crippen LogP contribution in [0.5, 0.6) is 0 Å². The van der Waals surface area contributed by atoms with E-state index in [0.29, 0.717) is 10.6 Å². The van der Waals surface area contributed by atoms with E-state index in [1.807, 2.05) is 0 Å². The number of nitrogens with one attached hydrogen (secondary N) is 1. The Morgan fingerprint density at radius 1 is 1.30 bits per heavy atom. The van der Waals surface area contributed by atoms with Crippen molar-refractivity contribution in [1.29, 1.82) is 0 Å². The molecular weight excluding hydrogens is 294 g/mol. The van der Waals surface area contributed by atoms with Gasteiger partial charge in [0.15, 0.2) is 0 Å². The van der Waals surface area contributed by atoms with Gasteiger partial charge in [0.2, 0.25) is 10.0 Å². The van der Waals surface area contributed by atoms with Crippen molar-refractivity contribution in [1.82, 2.24) is 4.72 Å². The van der Waals surface area contributed by atoms with Crippen LogP contribution < -0.4 is 4.72 Å². The molecule has 0 bridgehead atoms. The van der Waals surface area contributed by atoms with Gasteiger partial charge in [0.25, 0.3) is 0 Å². The average Bonchev–Trinajstić information content (AvgIpc) is 2.89. The lowest BCUT2D eigenvalue weighted by Gasteiger charge is -2.27. The summed E-state index contributed by atoms with van der Waals surface area (Å²) in [6.45, 7) is 2.25. The molecule has 0 atom stereocenters. The second-order valence-electron chi connectivity index (χ2n) is 5.44. The van der Waals surface area contributed by atoms with Gasteiger partial charge in [-0.1, -0.05) is 13.3 Å². The Hall–Kier alpha value is -0.430. The second-order valence-corrected chi connectivity index (χ2v) is 8.55. The van der Waals surface area contributed by atoms with E-state index >= 15 is 0 Å². The number of rotatable bonds is 6. The molecule has 1 aromatic rings. The lowest BCUT2D eigenvalue weighted by Crippen LogP contribution is -2.37. The zero-order valence-electron chi connectivity index (χ0n) is 11.8. The van der Waals surface area contributed by atoms with Gasteiger partial charge in [-0.3, -0.25) is 0 Å². The maximum Gasteiger partial charge on any atom is 0.250 e. The minimum atomic E-state index is -3.39. The molecule has 114 valence electrons. The Balaban J connectivity index is 1.96. The molecule has 1 aromatic heterocycles. The minimum absolute atomic E-state index is 0.0501. The molecule has 1 fully saturated rings. The lowest BCUT2D eigenvalue weighted by atomic mass is 9.85. The monoisotopic (exact) mass is 317 g/mol. The third-order valence-corrected chi connectivity index (χ3v) is 7.16. The Bertz CT molecular complexity index is 516. The molecule has 0 saturated heterocycles. The molecule has 0 radical (unpaired) electrons. The molecule has 4 nitrogen and oxygen atoms in total. The lowest BCUT2D eigenvalue weighted by molar-refractivity contribution is 0.300. The van der Waals surface area contributed by atoms with Gasteiger partial charge in [0.05, 0.1) is 0 Å². The van der Waals surface area contributed by atoms with E-state index in [-0.39, 0.29) is 12.6 Å². The van der Waals surface area contributed by atoms with Crippen molar-refractivity contribution < 1.29 is 13.5 Å². The zero-order chi connectivity index (χ0) is 14.6. The predicted octanol–water partition coefficient (Wildman–Crippen LogP) is 2.53. The van der Waals surface area contributed by atoms with Crippen molar-refractivity contribution in [2.45, 2.75) is 55.7 Å². The molecule has 1 aliphatic rings. The number of thiophene rings is 1. The van der Waals surface area contributed by atoms with Gasteiger partial charge in [-0.05, 0) is 43.7 Å². The van der Waals surface area contributed by atoms with Crippen LogP contribution in [0.25, 0.3) is 0 Å². The van der Waals surface area contributed by atoms with E-state index in [9.17, 15) is 8.42 Å². The molecule has 6 heteroatoms. The van der Waals surface area contributed by atoms with Gasteiger partial charge in [-0.25, -0.2) is 13.1 Å². The molecule has 0 unspecified atom stereocenters. The molecule has 0 spiro atoms. The molecule has 1 aliphatic carbocycles. The number of sulfonamides is 1. The van der Waals surface area contributed by atoms with E-state index in [2.05, 4.69) is 11.6 Å². The van der Waals surface area contributed by atoms with E-state index in [1.54, 1.807) is 12.1 Å². The minimum Gasteiger partial charge on any atom is -0.396 e. The maximum absolute atomic E-state index is 12.3. The first-order valence-electron chi connectivity index (χ1n) is 7.27. The Kier molecular flexibility index (Phi) is 5.60. The Morgan fingerprint density at radius 2 is 2.00 bits per heavy atom. The van der Waals surface area contributed by atoms with Gasteiger partial charge in [-0.2, -0.15) is 0 Å². The predicted molar refractivity (Wildman–Crippen MR) is 81.5 cm³/mol. The standard InChI is InChI=1S/C14H23NO3S2/c1-2-11-3-5-12(6-4-11)15-20(17,18)14-8-7-13(19-14)9-10-16/h7-8,11-12,15-16H,2-6,9-10H2,1H3. The van der Waals surface area contributed by atoms with Crippen LogP contribution in [0.3, 0.4) is 0 Å². The summed E-state index contributed by atoms with van der Waals surface area (Å²) in [5.41, 5.74) is 0. The number of hydrogen-bond acceptors (Lipinski definition) is 4. The maximum atomic E-state index is 12.3. The van der Waals surface area contributed by atoms with Crippen LogP contribution in [0.15, 0.2) is 16.3 Å². The summed E-state index contributed by atoms with van der Waals surface area (Å²) in [6.07, 6.45) is 5.81. The largest absolute Gasteiger partial charge is 0.396 e. The first kappa shape index (κ1) is 15.9. The van der Waals surface area contributed by atoms with E-state index < -0.39 is 10.0 Å². The first-order valence-corrected chi connectivity index (χ1v) is 9.57. The van der Waals surface area contributed by atoms with Crippen molar-refractivity contribution in [2.24, 2.45) is 5.92 Å². The van der Waals surface area contributed by atoms with Gasteiger partial charge >= 0.3 is 0 Å². The second kappa shape index (κ2) is 7.02. The van der Waals surface area contributed by atoms with Crippen molar-refractivity contribution in [3.63, 3.8) is 0 Å². The van der Waals surface area contributed by atoms with Crippen molar-refractivity contribution >= 4 is 21.4 Å². The molecule has 20 heavy (non-hydrogen) atoms. The normalized spacial score (nSPS) is 23.9. The van der Waals surface area contributed by atoms with Crippen molar-refractivity contribution in [2.75, 3.05) is 6.61 Å². The summed E-state index contributed by atoms with van der Waals surface area (Å²) in [5.74, 6) is 0.758. The zero-order valence-corrected chi connectivity index (χ0v) is 13.5. The third kappa shape index (κ3) is 4.04. The van der Waals surface area contributed by atoms with Crippen LogP contribution in [0, 0.1) is 5.92 Å². The highest BCUT2D eigenvalue weighted by Gasteiger charge is 2.25. The van der Waals surface area contributed by atoms with Crippen LogP contribution in [0.2, 0.25) is 0 Å². The van der Waals surface area contributed by atoms with Crippen LogP contribution in [0.1, 0.15) is 43.9 Å². The summed E-state index contributed by atoms with van der Waals surface area (Å²) in [6, 6.07) is 3.49. The van der Waals surface area contributed by atoms with Crippen LogP contribution in [-0.4, -0.2) is 26.2 Å². The van der Waals surface area contributed by atoms with Gasteiger partial charge < -0.3 is 5.11 Å². The quantitative estimate of drug-likeness (QED) is 0.847. The molecule has 0 aromatic carbocycles. The fraction of sp³-hybridized carbons (Fsp3) is 0.714. The summed E-state index contributed by atoms with van der Waals surface area (Å²) in [7, 11) is -3.39. The highest BCUT2D eigenvalue weighted by atomic mass is 32.2. The molecule has 2 N–H and O–H groups in total. The Labute approximate surface area is 125 Å². The average molecular weight is 317 g/mol. The van der Waals surface area contributed by atoms with Crippen LogP contribution >= 0.6 is 11.3 Å². The molecule has 2 rings (SSSR count). The summed E-state index contributed by atoms with van der Waals surface area (Å²) >= 11 is 1.25. The number of aliphatic hydroxyl groups is 1. The first-order chi connectivity index (χ1) is 9.55. The molecule has 1 saturated carbocycles. The van der Waals surface area contributed by atoms with Crippen LogP contribution in [0.4, 0.5) is 0 Å². The Morgan fingerprint density at radius 3 is 2.60 bits per heavy atom. The fourth-order valence-corrected chi connectivity index (χ4v) is 5.38. The molecular formula is C14H23NO3S2. The fourth-order valence-electron chi connectivity index (χ4n) is 2.71. The molecule has 1 heterocycles. The van der Waals surface area contributed by atoms with Crippen molar-refractivity contribution in [3.05, 3.63) is 17.0 Å². The summed E-state index contributed by atoms with van der Waals surface area (Å²) < 4.78 is 27.8. The van der Waals surface area contributed by atoms with Gasteiger partial charge in [-0.15, -0.1) is 11.3 Å².